The molecule has 1 rings (SSSR count). The molecule has 0 bridgehead atoms. The Balaban J connectivity index is 2.09. The van der Waals surface area contributed by atoms with Crippen LogP contribution in [-0.2, 0) is 28.6 Å². The molecule has 1 unspecified atom stereocenters. The molecule has 0 aliphatic carbocycles. The van der Waals surface area contributed by atoms with Gasteiger partial charge in [-0.1, -0.05) is 20.8 Å². The summed E-state index contributed by atoms with van der Waals surface area (Å²) in [5, 5.41) is 2.78. The largest absolute Gasteiger partial charge is 0.382 e. The van der Waals surface area contributed by atoms with E-state index in [2.05, 4.69) is 5.32 Å². The van der Waals surface area contributed by atoms with Crippen molar-refractivity contribution in [2.75, 3.05) is 53.2 Å². The number of amides is 3. The number of hydrogen-bond acceptors (Lipinski definition) is 6. The molecule has 0 spiro atoms. The van der Waals surface area contributed by atoms with E-state index in [0.717, 1.165) is 0 Å². The summed E-state index contributed by atoms with van der Waals surface area (Å²) in [6.45, 7) is 9.17. The molecule has 8 nitrogen and oxygen atoms in total. The van der Waals surface area contributed by atoms with Crippen LogP contribution in [-0.4, -0.2) is 75.9 Å². The second-order valence-corrected chi connectivity index (χ2v) is 7.68. The van der Waals surface area contributed by atoms with Gasteiger partial charge in [0.2, 0.25) is 17.7 Å². The molecular weight excluding hydrogens is 352 g/mol. The van der Waals surface area contributed by atoms with E-state index in [1.54, 1.807) is 7.11 Å². The molecule has 0 aromatic carbocycles. The van der Waals surface area contributed by atoms with E-state index in [9.17, 15) is 14.4 Å². The van der Waals surface area contributed by atoms with E-state index in [1.807, 2.05) is 20.8 Å². The first-order valence-electron chi connectivity index (χ1n) is 9.52. The number of carbonyl (C=O) groups excluding carboxylic acids is 3. The highest BCUT2D eigenvalue weighted by Gasteiger charge is 2.44. The maximum atomic E-state index is 12.4. The number of ether oxygens (including phenoxy) is 3. The lowest BCUT2D eigenvalue weighted by atomic mass is 9.80. The molecule has 8 heteroatoms. The van der Waals surface area contributed by atoms with Crippen LogP contribution in [0.25, 0.3) is 0 Å². The van der Waals surface area contributed by atoms with Gasteiger partial charge in [-0.25, -0.2) is 0 Å². The Kier molecular flexibility index (Phi) is 10.5. The van der Waals surface area contributed by atoms with E-state index >= 15 is 0 Å². The van der Waals surface area contributed by atoms with Crippen molar-refractivity contribution in [2.24, 2.45) is 11.3 Å². The Morgan fingerprint density at radius 1 is 1.11 bits per heavy atom. The molecule has 1 fully saturated rings. The standard InChI is InChI=1S/C19H34N2O6/c1-19(2,3)15-14-17(23)21(18(15)24)8-6-16(22)20-7-5-9-26-12-13-27-11-10-25-4/h15H,5-14H2,1-4H3,(H,20,22). The van der Waals surface area contributed by atoms with Crippen LogP contribution >= 0.6 is 0 Å². The lowest BCUT2D eigenvalue weighted by molar-refractivity contribution is -0.140. The average Bonchev–Trinajstić information content (AvgIpc) is 2.89. The Morgan fingerprint density at radius 2 is 1.74 bits per heavy atom. The third-order valence-corrected chi connectivity index (χ3v) is 4.44. The van der Waals surface area contributed by atoms with Crippen molar-refractivity contribution in [3.63, 3.8) is 0 Å². The van der Waals surface area contributed by atoms with Crippen LogP contribution in [0, 0.1) is 11.3 Å². The lowest BCUT2D eigenvalue weighted by Gasteiger charge is -2.24. The molecule has 1 saturated heterocycles. The van der Waals surface area contributed by atoms with Crippen LogP contribution in [0.3, 0.4) is 0 Å². The number of carbonyl (C=O) groups is 3. The Morgan fingerprint density at radius 3 is 2.33 bits per heavy atom. The van der Waals surface area contributed by atoms with Gasteiger partial charge in [0.25, 0.3) is 0 Å². The van der Waals surface area contributed by atoms with Crippen LogP contribution < -0.4 is 5.32 Å². The van der Waals surface area contributed by atoms with Gasteiger partial charge in [0.05, 0.1) is 32.3 Å². The summed E-state index contributed by atoms with van der Waals surface area (Å²) in [4.78, 5) is 37.5. The number of rotatable bonds is 13. The molecule has 1 atom stereocenters. The van der Waals surface area contributed by atoms with Gasteiger partial charge < -0.3 is 19.5 Å². The van der Waals surface area contributed by atoms with Crippen LogP contribution in [0.2, 0.25) is 0 Å². The molecule has 3 amide bonds. The first-order chi connectivity index (χ1) is 12.8. The maximum Gasteiger partial charge on any atom is 0.233 e. The van der Waals surface area contributed by atoms with E-state index in [-0.39, 0.29) is 48.4 Å². The molecule has 1 heterocycles. The zero-order chi connectivity index (χ0) is 20.3. The molecule has 1 aliphatic rings. The molecule has 156 valence electrons. The van der Waals surface area contributed by atoms with Crippen molar-refractivity contribution < 1.29 is 28.6 Å². The smallest absolute Gasteiger partial charge is 0.233 e. The highest BCUT2D eigenvalue weighted by Crippen LogP contribution is 2.35. The quantitative estimate of drug-likeness (QED) is 0.375. The predicted molar refractivity (Wildman–Crippen MR) is 100 cm³/mol. The second-order valence-electron chi connectivity index (χ2n) is 7.68. The predicted octanol–water partition coefficient (Wildman–Crippen LogP) is 0.984. The van der Waals surface area contributed by atoms with Crippen molar-refractivity contribution in [2.45, 2.75) is 40.0 Å². The molecular formula is C19H34N2O6. The minimum Gasteiger partial charge on any atom is -0.382 e. The van der Waals surface area contributed by atoms with Crippen LogP contribution in [0.1, 0.15) is 40.0 Å². The lowest BCUT2D eigenvalue weighted by Crippen LogP contribution is -2.37. The summed E-state index contributed by atoms with van der Waals surface area (Å²) in [6, 6.07) is 0. The molecule has 0 radical (unpaired) electrons. The fourth-order valence-electron chi connectivity index (χ4n) is 2.76. The van der Waals surface area contributed by atoms with Gasteiger partial charge in [0, 0.05) is 39.6 Å². The summed E-state index contributed by atoms with van der Waals surface area (Å²) in [5.41, 5.74) is -0.251. The van der Waals surface area contributed by atoms with Crippen molar-refractivity contribution in [1.82, 2.24) is 10.2 Å². The van der Waals surface area contributed by atoms with Gasteiger partial charge in [0.1, 0.15) is 0 Å². The monoisotopic (exact) mass is 386 g/mol. The third kappa shape index (κ3) is 8.81. The fourth-order valence-corrected chi connectivity index (χ4v) is 2.76. The van der Waals surface area contributed by atoms with Gasteiger partial charge in [-0.15, -0.1) is 0 Å². The summed E-state index contributed by atoms with van der Waals surface area (Å²) in [6.07, 6.45) is 1.05. The van der Waals surface area contributed by atoms with Gasteiger partial charge in [-0.05, 0) is 11.8 Å². The summed E-state index contributed by atoms with van der Waals surface area (Å²) < 4.78 is 15.5. The van der Waals surface area contributed by atoms with Crippen molar-refractivity contribution in [1.29, 1.82) is 0 Å². The fraction of sp³-hybridized carbons (Fsp3) is 0.842. The van der Waals surface area contributed by atoms with Crippen molar-refractivity contribution in [3.05, 3.63) is 0 Å². The number of nitrogens with one attached hydrogen (secondary N) is 1. The normalized spacial score (nSPS) is 17.6. The van der Waals surface area contributed by atoms with Gasteiger partial charge in [-0.3, -0.25) is 19.3 Å². The molecule has 1 N–H and O–H groups in total. The number of imide groups is 1. The van der Waals surface area contributed by atoms with E-state index in [0.29, 0.717) is 46.0 Å². The average molecular weight is 386 g/mol. The van der Waals surface area contributed by atoms with E-state index in [1.165, 1.54) is 4.90 Å². The SMILES string of the molecule is COCCOCCOCCCNC(=O)CCN1C(=O)CC(C(C)(C)C)C1=O. The van der Waals surface area contributed by atoms with Crippen LogP contribution in [0.15, 0.2) is 0 Å². The maximum absolute atomic E-state index is 12.4. The second kappa shape index (κ2) is 12.0. The molecule has 27 heavy (non-hydrogen) atoms. The minimum atomic E-state index is -0.302. The van der Waals surface area contributed by atoms with E-state index in [4.69, 9.17) is 14.2 Å². The first-order valence-corrected chi connectivity index (χ1v) is 9.52. The van der Waals surface area contributed by atoms with Crippen LogP contribution in [0.5, 0.6) is 0 Å². The summed E-state index contributed by atoms with van der Waals surface area (Å²) in [5.74, 6) is -0.823. The van der Waals surface area contributed by atoms with Crippen molar-refractivity contribution in [3.8, 4) is 0 Å². The van der Waals surface area contributed by atoms with Gasteiger partial charge in [0.15, 0.2) is 0 Å². The van der Waals surface area contributed by atoms with Gasteiger partial charge >= 0.3 is 0 Å². The Hall–Kier alpha value is -1.51. The highest BCUT2D eigenvalue weighted by atomic mass is 16.5. The minimum absolute atomic E-state index is 0.128. The van der Waals surface area contributed by atoms with Crippen molar-refractivity contribution >= 4 is 17.7 Å². The number of nitrogens with zero attached hydrogens (tertiary/aromatic N) is 1. The number of likely N-dealkylation sites (tertiary alicyclic amines) is 1. The Bertz CT molecular complexity index is 489. The molecule has 0 aromatic rings. The number of hydrogen-bond donors (Lipinski definition) is 1. The third-order valence-electron chi connectivity index (χ3n) is 4.44. The summed E-state index contributed by atoms with van der Waals surface area (Å²) in [7, 11) is 1.62. The highest BCUT2D eigenvalue weighted by molar-refractivity contribution is 6.04. The Labute approximate surface area is 161 Å². The zero-order valence-electron chi connectivity index (χ0n) is 17.0. The zero-order valence-corrected chi connectivity index (χ0v) is 17.0. The topological polar surface area (TPSA) is 94.2 Å². The first kappa shape index (κ1) is 23.5. The van der Waals surface area contributed by atoms with Crippen LogP contribution in [0.4, 0.5) is 0 Å². The molecule has 0 saturated carbocycles. The summed E-state index contributed by atoms with van der Waals surface area (Å²) >= 11 is 0. The van der Waals surface area contributed by atoms with E-state index < -0.39 is 0 Å². The molecule has 0 aromatic heterocycles. The number of methoxy groups -OCH3 is 1. The van der Waals surface area contributed by atoms with Gasteiger partial charge in [-0.2, -0.15) is 0 Å². The molecule has 1 aliphatic heterocycles.